The van der Waals surface area contributed by atoms with Gasteiger partial charge in [0.15, 0.2) is 10.7 Å². The van der Waals surface area contributed by atoms with Crippen molar-refractivity contribution in [1.29, 1.82) is 0 Å². The van der Waals surface area contributed by atoms with E-state index in [4.69, 9.17) is 4.52 Å². The van der Waals surface area contributed by atoms with Crippen molar-refractivity contribution in [2.75, 3.05) is 0 Å². The number of carbonyl (C=O) groups is 1. The highest BCUT2D eigenvalue weighted by Gasteiger charge is 2.17. The number of fused-ring (bicyclic) bond motifs is 1. The van der Waals surface area contributed by atoms with E-state index in [0.29, 0.717) is 5.69 Å². The second-order valence-corrected chi connectivity index (χ2v) is 5.76. The SMILES string of the molecule is CCCc1cc(C(=O)N[C@H](C)c2cn3ccsc3n2)no1. The highest BCUT2D eigenvalue weighted by molar-refractivity contribution is 7.15. The number of hydrogen-bond donors (Lipinski definition) is 1. The topological polar surface area (TPSA) is 72.4 Å². The maximum Gasteiger partial charge on any atom is 0.273 e. The standard InChI is InChI=1S/C14H16N4O2S/c1-3-4-10-7-11(17-20-10)13(19)15-9(2)12-8-18-5-6-21-14(18)16-12/h5-9H,3-4H2,1-2H3,(H,15,19)/t9-/m1/s1. The zero-order valence-electron chi connectivity index (χ0n) is 11.9. The Kier molecular flexibility index (Phi) is 3.74. The molecule has 0 aliphatic rings. The number of rotatable bonds is 5. The predicted octanol–water partition coefficient (Wildman–Crippen LogP) is 2.83. The molecule has 3 rings (SSSR count). The van der Waals surface area contributed by atoms with Crippen molar-refractivity contribution in [3.63, 3.8) is 0 Å². The van der Waals surface area contributed by atoms with Crippen LogP contribution in [0.1, 0.15) is 48.3 Å². The normalized spacial score (nSPS) is 12.7. The third-order valence-electron chi connectivity index (χ3n) is 3.19. The van der Waals surface area contributed by atoms with E-state index in [2.05, 4.69) is 22.4 Å². The highest BCUT2D eigenvalue weighted by atomic mass is 32.1. The lowest BCUT2D eigenvalue weighted by molar-refractivity contribution is 0.0930. The number of thiazole rings is 1. The van der Waals surface area contributed by atoms with Crippen molar-refractivity contribution in [1.82, 2.24) is 19.9 Å². The molecule has 0 aliphatic carbocycles. The monoisotopic (exact) mass is 304 g/mol. The summed E-state index contributed by atoms with van der Waals surface area (Å²) >= 11 is 1.56. The zero-order chi connectivity index (χ0) is 14.8. The van der Waals surface area contributed by atoms with Crippen molar-refractivity contribution in [2.24, 2.45) is 0 Å². The van der Waals surface area contributed by atoms with E-state index in [1.807, 2.05) is 29.1 Å². The summed E-state index contributed by atoms with van der Waals surface area (Å²) in [4.78, 5) is 17.5. The number of aryl methyl sites for hydroxylation is 1. The molecule has 1 amide bonds. The quantitative estimate of drug-likeness (QED) is 0.786. The molecule has 0 unspecified atom stereocenters. The second kappa shape index (κ2) is 5.69. The third kappa shape index (κ3) is 2.82. The van der Waals surface area contributed by atoms with Crippen LogP contribution in [0.25, 0.3) is 4.96 Å². The Balaban J connectivity index is 1.69. The van der Waals surface area contributed by atoms with E-state index in [0.717, 1.165) is 29.3 Å². The Bertz CT molecular complexity index is 729. The first-order valence-electron chi connectivity index (χ1n) is 6.86. The molecule has 3 aromatic rings. The van der Waals surface area contributed by atoms with Crippen LogP contribution in [0.4, 0.5) is 0 Å². The van der Waals surface area contributed by atoms with Crippen molar-refractivity contribution in [3.8, 4) is 0 Å². The fourth-order valence-electron chi connectivity index (χ4n) is 2.08. The number of imidazole rings is 1. The minimum atomic E-state index is -0.245. The highest BCUT2D eigenvalue weighted by Crippen LogP contribution is 2.17. The van der Waals surface area contributed by atoms with Gasteiger partial charge in [0.1, 0.15) is 5.76 Å². The molecule has 3 aromatic heterocycles. The summed E-state index contributed by atoms with van der Waals surface area (Å²) in [5.41, 5.74) is 1.14. The molecule has 0 fully saturated rings. The number of hydrogen-bond acceptors (Lipinski definition) is 5. The van der Waals surface area contributed by atoms with Gasteiger partial charge in [0, 0.05) is 30.3 Å². The molecule has 0 bridgehead atoms. The molecule has 0 spiro atoms. The number of amides is 1. The molecule has 0 aliphatic heterocycles. The summed E-state index contributed by atoms with van der Waals surface area (Å²) in [5, 5.41) is 8.66. The molecule has 0 saturated carbocycles. The van der Waals surface area contributed by atoms with Gasteiger partial charge in [-0.15, -0.1) is 11.3 Å². The van der Waals surface area contributed by atoms with Crippen LogP contribution < -0.4 is 5.32 Å². The lowest BCUT2D eigenvalue weighted by Gasteiger charge is -2.09. The molecule has 1 atom stereocenters. The van der Waals surface area contributed by atoms with E-state index in [-0.39, 0.29) is 11.9 Å². The summed E-state index contributed by atoms with van der Waals surface area (Å²) in [5.74, 6) is 0.489. The Hall–Kier alpha value is -2.15. The largest absolute Gasteiger partial charge is 0.361 e. The van der Waals surface area contributed by atoms with Crippen molar-refractivity contribution < 1.29 is 9.32 Å². The summed E-state index contributed by atoms with van der Waals surface area (Å²) in [6, 6.07) is 1.51. The smallest absolute Gasteiger partial charge is 0.273 e. The van der Waals surface area contributed by atoms with Crippen LogP contribution in [0.2, 0.25) is 0 Å². The van der Waals surface area contributed by atoms with E-state index >= 15 is 0 Å². The summed E-state index contributed by atoms with van der Waals surface area (Å²) in [7, 11) is 0. The van der Waals surface area contributed by atoms with Crippen molar-refractivity contribution in [3.05, 3.63) is 41.0 Å². The van der Waals surface area contributed by atoms with E-state index in [9.17, 15) is 4.79 Å². The number of nitrogens with one attached hydrogen (secondary N) is 1. The van der Waals surface area contributed by atoms with Gasteiger partial charge in [0.2, 0.25) is 0 Å². The molecule has 1 N–H and O–H groups in total. The summed E-state index contributed by atoms with van der Waals surface area (Å²) in [6.07, 6.45) is 5.60. The minimum Gasteiger partial charge on any atom is -0.361 e. The molecule has 0 radical (unpaired) electrons. The van der Waals surface area contributed by atoms with Crippen LogP contribution in [0, 0.1) is 0 Å². The molecule has 6 nitrogen and oxygen atoms in total. The molecule has 0 saturated heterocycles. The Morgan fingerprint density at radius 2 is 2.43 bits per heavy atom. The number of aromatic nitrogens is 3. The van der Waals surface area contributed by atoms with E-state index < -0.39 is 0 Å². The second-order valence-electron chi connectivity index (χ2n) is 4.88. The van der Waals surface area contributed by atoms with Crippen LogP contribution in [0.3, 0.4) is 0 Å². The van der Waals surface area contributed by atoms with Gasteiger partial charge in [0.05, 0.1) is 11.7 Å². The van der Waals surface area contributed by atoms with Crippen LogP contribution in [0.15, 0.2) is 28.4 Å². The van der Waals surface area contributed by atoms with Gasteiger partial charge in [0.25, 0.3) is 5.91 Å². The van der Waals surface area contributed by atoms with Crippen LogP contribution in [0.5, 0.6) is 0 Å². The average Bonchev–Trinajstić information content (AvgIpc) is 3.13. The Morgan fingerprint density at radius 3 is 3.19 bits per heavy atom. The Morgan fingerprint density at radius 1 is 1.57 bits per heavy atom. The maximum atomic E-state index is 12.1. The molecule has 0 aromatic carbocycles. The van der Waals surface area contributed by atoms with Gasteiger partial charge in [-0.3, -0.25) is 9.20 Å². The lowest BCUT2D eigenvalue weighted by Crippen LogP contribution is -2.27. The lowest BCUT2D eigenvalue weighted by atomic mass is 10.2. The first-order valence-corrected chi connectivity index (χ1v) is 7.74. The third-order valence-corrected chi connectivity index (χ3v) is 3.96. The first-order chi connectivity index (χ1) is 10.2. The molecule has 3 heterocycles. The summed E-state index contributed by atoms with van der Waals surface area (Å²) < 4.78 is 7.06. The molecule has 21 heavy (non-hydrogen) atoms. The molecule has 110 valence electrons. The van der Waals surface area contributed by atoms with Gasteiger partial charge in [-0.25, -0.2) is 4.98 Å². The van der Waals surface area contributed by atoms with Crippen molar-refractivity contribution >= 4 is 22.2 Å². The molecular weight excluding hydrogens is 288 g/mol. The number of carbonyl (C=O) groups excluding carboxylic acids is 1. The maximum absolute atomic E-state index is 12.1. The average molecular weight is 304 g/mol. The fourth-order valence-corrected chi connectivity index (χ4v) is 2.79. The van der Waals surface area contributed by atoms with E-state index in [1.54, 1.807) is 17.4 Å². The number of nitrogens with zero attached hydrogens (tertiary/aromatic N) is 3. The van der Waals surface area contributed by atoms with Crippen molar-refractivity contribution in [2.45, 2.75) is 32.7 Å². The van der Waals surface area contributed by atoms with Crippen LogP contribution in [-0.2, 0) is 6.42 Å². The first kappa shape index (κ1) is 13.8. The van der Waals surface area contributed by atoms with Gasteiger partial charge in [-0.1, -0.05) is 12.1 Å². The van der Waals surface area contributed by atoms with Gasteiger partial charge in [-0.2, -0.15) is 0 Å². The van der Waals surface area contributed by atoms with Gasteiger partial charge >= 0.3 is 0 Å². The van der Waals surface area contributed by atoms with E-state index in [1.165, 1.54) is 0 Å². The van der Waals surface area contributed by atoms with Crippen LogP contribution >= 0.6 is 11.3 Å². The minimum absolute atomic E-state index is 0.184. The fraction of sp³-hybridized carbons (Fsp3) is 0.357. The summed E-state index contributed by atoms with van der Waals surface area (Å²) in [6.45, 7) is 3.95. The predicted molar refractivity (Wildman–Crippen MR) is 79.4 cm³/mol. The van der Waals surface area contributed by atoms with Gasteiger partial charge < -0.3 is 9.84 Å². The van der Waals surface area contributed by atoms with Crippen LogP contribution in [-0.4, -0.2) is 20.4 Å². The van der Waals surface area contributed by atoms with Gasteiger partial charge in [-0.05, 0) is 13.3 Å². The zero-order valence-corrected chi connectivity index (χ0v) is 12.7. The molecular formula is C14H16N4O2S. The molecule has 7 heteroatoms. The Labute approximate surface area is 125 Å².